The van der Waals surface area contributed by atoms with Crippen LogP contribution in [0.15, 0.2) is 188 Å². The van der Waals surface area contributed by atoms with Gasteiger partial charge in [-0.05, 0) is 83.6 Å². The number of rotatable bonds is 18. The van der Waals surface area contributed by atoms with Crippen molar-refractivity contribution in [2.75, 3.05) is 0 Å². The molecule has 0 fully saturated rings. The van der Waals surface area contributed by atoms with E-state index >= 15 is 0 Å². The summed E-state index contributed by atoms with van der Waals surface area (Å²) in [6, 6.07) is 0. The van der Waals surface area contributed by atoms with E-state index in [2.05, 4.69) is 195 Å². The third-order valence-electron chi connectivity index (χ3n) is 1.43. The van der Waals surface area contributed by atoms with E-state index in [-0.39, 0.29) is 0 Å². The summed E-state index contributed by atoms with van der Waals surface area (Å²) in [7, 11) is 0. The SMILES string of the molecule is C=NN=NN=NN=NN=NN=NN=NN=NN=NN=NN=NN=NN=NN=NN=NN=NN=NN=NN=N. The summed E-state index contributed by atoms with van der Waals surface area (Å²) in [5, 5.41) is 107. The van der Waals surface area contributed by atoms with Gasteiger partial charge in [-0.2, -0.15) is 5.53 Å². The molecule has 0 rings (SSSR count). The van der Waals surface area contributed by atoms with E-state index < -0.39 is 0 Å². The molecular formula is CH3N37. The van der Waals surface area contributed by atoms with Crippen molar-refractivity contribution in [1.82, 2.24) is 0 Å². The second-order valence-corrected chi connectivity index (χ2v) is 3.28. The summed E-state index contributed by atoms with van der Waals surface area (Å²) in [6.07, 6.45) is 0. The maximum Gasteiger partial charge on any atom is 0.0151 e. The van der Waals surface area contributed by atoms with Crippen LogP contribution >= 0.6 is 0 Å². The molecule has 0 aromatic rings. The van der Waals surface area contributed by atoms with Crippen LogP contribution < -0.4 is 0 Å². The van der Waals surface area contributed by atoms with Crippen LogP contribution in [-0.2, 0) is 0 Å². The highest BCUT2D eigenvalue weighted by molar-refractivity contribution is 5.22. The molecule has 0 aromatic heterocycles. The second kappa shape index (κ2) is 29.5. The molecule has 37 nitrogen and oxygen atoms in total. The van der Waals surface area contributed by atoms with Crippen molar-refractivity contribution in [3.63, 3.8) is 0 Å². The molecule has 0 heterocycles. The van der Waals surface area contributed by atoms with E-state index in [1.54, 1.807) is 0 Å². The zero-order valence-corrected chi connectivity index (χ0v) is 17.3. The maximum atomic E-state index is 6.24. The molecule has 0 radical (unpaired) electrons. The first-order valence-electron chi connectivity index (χ1n) is 7.54. The standard InChI is InChI=1S/CH3N37/c1-3-5-7-9-11-13-15-17-19-21-23-25-27-29-31-33-35-37-38-36-34-32-30-28-26-24-22-20-18-16-14-12-10-8-6-4-2/h2H,1H2. The Morgan fingerprint density at radius 2 is 0.342 bits per heavy atom. The third kappa shape index (κ3) is 28.5. The molecule has 0 atom stereocenters. The average Bonchev–Trinajstić information content (AvgIpc) is 2.93. The summed E-state index contributed by atoms with van der Waals surface area (Å²) in [6.45, 7) is 3.00. The van der Waals surface area contributed by atoms with E-state index in [0.29, 0.717) is 0 Å². The lowest BCUT2D eigenvalue weighted by atomic mass is 11.7. The van der Waals surface area contributed by atoms with Crippen LogP contribution in [0.25, 0.3) is 0 Å². The third-order valence-corrected chi connectivity index (χ3v) is 1.43. The van der Waals surface area contributed by atoms with Crippen LogP contribution in [-0.4, -0.2) is 6.72 Å². The molecule has 0 bridgehead atoms. The van der Waals surface area contributed by atoms with E-state index in [1.165, 1.54) is 0 Å². The predicted molar refractivity (Wildman–Crippen MR) is 97.2 cm³/mol. The smallest absolute Gasteiger partial charge is 0.0151 e. The zero-order chi connectivity index (χ0) is 27.5. The van der Waals surface area contributed by atoms with Crippen molar-refractivity contribution in [1.29, 1.82) is 5.53 Å². The van der Waals surface area contributed by atoms with Crippen LogP contribution in [0.3, 0.4) is 0 Å². The topological polar surface area (TPSA) is 469 Å². The Hall–Kier alpha value is -7.53. The fourth-order valence-corrected chi connectivity index (χ4v) is 0.621. The minimum atomic E-state index is 2.50. The number of hydrogen-bond donors (Lipinski definition) is 1. The largest absolute Gasteiger partial charge is 0.183 e. The van der Waals surface area contributed by atoms with E-state index in [9.17, 15) is 0 Å². The molecule has 37 heteroatoms. The van der Waals surface area contributed by atoms with Gasteiger partial charge in [0.1, 0.15) is 0 Å². The van der Waals surface area contributed by atoms with Gasteiger partial charge >= 0.3 is 0 Å². The summed E-state index contributed by atoms with van der Waals surface area (Å²) in [5.74, 6) is 0. The number of hydrogen-bond acceptors (Lipinski definition) is 2. The van der Waals surface area contributed by atoms with Crippen molar-refractivity contribution >= 4 is 6.72 Å². The molecule has 0 aliphatic rings. The highest BCUT2D eigenvalue weighted by Crippen LogP contribution is 1.92. The molecule has 0 aromatic carbocycles. The monoisotopic (exact) mass is 533 g/mol. The highest BCUT2D eigenvalue weighted by Gasteiger charge is 1.73. The molecule has 0 aliphatic heterocycles. The molecule has 0 amide bonds. The van der Waals surface area contributed by atoms with Crippen LogP contribution in [0.2, 0.25) is 0 Å². The van der Waals surface area contributed by atoms with Gasteiger partial charge in [0.2, 0.25) is 0 Å². The van der Waals surface area contributed by atoms with Gasteiger partial charge in [0.15, 0.2) is 0 Å². The van der Waals surface area contributed by atoms with Gasteiger partial charge in [-0.3, -0.25) is 0 Å². The fraction of sp³-hybridized carbons (Fsp3) is 0. The fourth-order valence-electron chi connectivity index (χ4n) is 0.621. The molecule has 0 unspecified atom stereocenters. The Balaban J connectivity index is 4.01. The van der Waals surface area contributed by atoms with Gasteiger partial charge in [-0.1, -0.05) is 0 Å². The van der Waals surface area contributed by atoms with E-state index in [4.69, 9.17) is 5.53 Å². The molecule has 0 saturated heterocycles. The zero-order valence-electron chi connectivity index (χ0n) is 17.3. The minimum Gasteiger partial charge on any atom is -0.183 e. The quantitative estimate of drug-likeness (QED) is 0.107. The van der Waals surface area contributed by atoms with Crippen molar-refractivity contribution < 1.29 is 0 Å². The summed E-state index contributed by atoms with van der Waals surface area (Å²) in [4.78, 5) is 0. The molecule has 0 aliphatic carbocycles. The van der Waals surface area contributed by atoms with Crippen LogP contribution in [0, 0.1) is 5.53 Å². The lowest BCUT2D eigenvalue weighted by Crippen LogP contribution is -1.52. The Kier molecular flexibility index (Phi) is 23.6. The second-order valence-electron chi connectivity index (χ2n) is 3.28. The van der Waals surface area contributed by atoms with Gasteiger partial charge < -0.3 is 0 Å². The molecule has 192 valence electrons. The summed E-state index contributed by atoms with van der Waals surface area (Å²) >= 11 is 0. The minimum absolute atomic E-state index is 2.50. The van der Waals surface area contributed by atoms with Gasteiger partial charge in [-0.15, -0.1) is 5.10 Å². The van der Waals surface area contributed by atoms with E-state index in [0.717, 1.165) is 0 Å². The lowest BCUT2D eigenvalue weighted by molar-refractivity contribution is 0.727. The summed E-state index contributed by atoms with van der Waals surface area (Å²) in [5.41, 5.74) is 6.24. The van der Waals surface area contributed by atoms with Crippen LogP contribution in [0.1, 0.15) is 0 Å². The molecule has 1 N–H and O–H groups in total. The van der Waals surface area contributed by atoms with Gasteiger partial charge in [0.25, 0.3) is 0 Å². The van der Waals surface area contributed by atoms with E-state index in [1.807, 2.05) is 0 Å². The molecular weight excluding hydrogens is 530 g/mol. The highest BCUT2D eigenvalue weighted by atomic mass is 15.7. The first-order valence-corrected chi connectivity index (χ1v) is 7.54. The normalized spacial score (nSPS) is 14.8. The van der Waals surface area contributed by atoms with Crippen molar-refractivity contribution in [3.05, 3.63) is 0 Å². The number of nitrogens with one attached hydrogen (secondary N) is 1. The van der Waals surface area contributed by atoms with Crippen LogP contribution in [0.4, 0.5) is 0 Å². The first-order chi connectivity index (χ1) is 18.9. The first kappa shape index (κ1) is 30.5. The van der Waals surface area contributed by atoms with Crippen LogP contribution in [0.5, 0.6) is 0 Å². The molecule has 0 saturated carbocycles. The number of nitrogens with zero attached hydrogens (tertiary/aromatic N) is 36. The van der Waals surface area contributed by atoms with Crippen molar-refractivity contribution in [3.8, 4) is 0 Å². The van der Waals surface area contributed by atoms with Gasteiger partial charge in [-0.25, -0.2) is 0 Å². The molecule has 0 spiro atoms. The lowest BCUT2D eigenvalue weighted by Gasteiger charge is -1.70. The Labute approximate surface area is 201 Å². The Morgan fingerprint density at radius 3 is 0.474 bits per heavy atom. The Bertz CT molecular complexity index is 1030. The Morgan fingerprint density at radius 1 is 0.211 bits per heavy atom. The van der Waals surface area contributed by atoms with Crippen molar-refractivity contribution in [2.24, 2.45) is 188 Å². The van der Waals surface area contributed by atoms with Gasteiger partial charge in [0, 0.05) is 106 Å². The molecule has 38 heavy (non-hydrogen) atoms. The predicted octanol–water partition coefficient (Wildman–Crippen LogP) is 6.88. The average molecular weight is 533 g/mol. The van der Waals surface area contributed by atoms with Gasteiger partial charge in [0.05, 0.1) is 0 Å². The maximum absolute atomic E-state index is 6.24. The summed E-state index contributed by atoms with van der Waals surface area (Å²) < 4.78 is 0. The van der Waals surface area contributed by atoms with Crippen molar-refractivity contribution in [2.45, 2.75) is 0 Å².